The molecule has 1 aliphatic heterocycles. The minimum Gasteiger partial charge on any atom is -0.391 e. The highest BCUT2D eigenvalue weighted by Crippen LogP contribution is 2.20. The number of nitrogens with one attached hydrogen (secondary N) is 1. The molecule has 0 saturated carbocycles. The number of hydrogen-bond acceptors (Lipinski definition) is 6. The zero-order valence-corrected chi connectivity index (χ0v) is 8.80. The molecule has 0 spiro atoms. The van der Waals surface area contributed by atoms with E-state index in [1.54, 1.807) is 4.90 Å². The Morgan fingerprint density at radius 3 is 2.88 bits per heavy atom. The molecule has 0 radical (unpaired) electrons. The molecule has 1 N–H and O–H groups in total. The summed E-state index contributed by atoms with van der Waals surface area (Å²) < 4.78 is 9.63. The average molecular weight is 228 g/mol. The van der Waals surface area contributed by atoms with Crippen LogP contribution >= 0.6 is 0 Å². The van der Waals surface area contributed by atoms with Crippen LogP contribution in [0, 0.1) is 5.21 Å². The van der Waals surface area contributed by atoms with Crippen molar-refractivity contribution in [1.82, 2.24) is 5.16 Å². The number of amides is 1. The molecule has 1 aromatic heterocycles. The van der Waals surface area contributed by atoms with Crippen molar-refractivity contribution >= 4 is 17.5 Å². The monoisotopic (exact) mass is 228 g/mol. The quantitative estimate of drug-likeness (QED) is 0.659. The van der Waals surface area contributed by atoms with E-state index in [4.69, 9.17) is 4.74 Å². The van der Waals surface area contributed by atoms with Gasteiger partial charge in [0.2, 0.25) is 5.91 Å². The molecule has 1 fully saturated rings. The van der Waals surface area contributed by atoms with E-state index in [0.29, 0.717) is 26.3 Å². The fourth-order valence-corrected chi connectivity index (χ4v) is 1.53. The van der Waals surface area contributed by atoms with Gasteiger partial charge in [0.15, 0.2) is 0 Å². The van der Waals surface area contributed by atoms with Gasteiger partial charge in [0.1, 0.15) is 0 Å². The molecule has 8 heteroatoms. The molecule has 1 aromatic rings. The molecule has 16 heavy (non-hydrogen) atoms. The van der Waals surface area contributed by atoms with Gasteiger partial charge in [-0.3, -0.25) is 15.0 Å². The summed E-state index contributed by atoms with van der Waals surface area (Å²) in [4.78, 5) is 13.0. The van der Waals surface area contributed by atoms with E-state index < -0.39 is 0 Å². The van der Waals surface area contributed by atoms with Gasteiger partial charge in [-0.2, -0.15) is 0 Å². The van der Waals surface area contributed by atoms with Gasteiger partial charge >= 0.3 is 11.6 Å². The Labute approximate surface area is 91.3 Å². The number of nitrogens with zero attached hydrogens (tertiary/aromatic N) is 3. The molecule has 1 aliphatic rings. The lowest BCUT2D eigenvalue weighted by molar-refractivity contribution is -0.792. The van der Waals surface area contributed by atoms with Crippen LogP contribution < -0.4 is 15.1 Å². The third-order valence-corrected chi connectivity index (χ3v) is 2.20. The van der Waals surface area contributed by atoms with Gasteiger partial charge in [-0.1, -0.05) is 4.90 Å². The lowest BCUT2D eigenvalue weighted by Gasteiger charge is -2.23. The Kier molecular flexibility index (Phi) is 2.91. The Bertz CT molecular complexity index is 385. The first-order valence-electron chi connectivity index (χ1n) is 4.88. The van der Waals surface area contributed by atoms with E-state index in [1.807, 2.05) is 0 Å². The summed E-state index contributed by atoms with van der Waals surface area (Å²) >= 11 is 0. The zero-order chi connectivity index (χ0) is 11.5. The molecule has 0 bridgehead atoms. The summed E-state index contributed by atoms with van der Waals surface area (Å²) in [5.41, 5.74) is 0. The van der Waals surface area contributed by atoms with Crippen LogP contribution in [-0.2, 0) is 9.53 Å². The number of ether oxygens (including phenoxy) is 1. The van der Waals surface area contributed by atoms with Gasteiger partial charge in [-0.05, 0) is 5.16 Å². The largest absolute Gasteiger partial charge is 0.391 e. The van der Waals surface area contributed by atoms with Crippen LogP contribution in [0.4, 0.5) is 11.6 Å². The van der Waals surface area contributed by atoms with Gasteiger partial charge in [-0.25, -0.2) is 0 Å². The molecule has 1 amide bonds. The molecule has 0 atom stereocenters. The maximum atomic E-state index is 11.4. The molecular weight excluding hydrogens is 216 g/mol. The van der Waals surface area contributed by atoms with Crippen LogP contribution in [0.1, 0.15) is 6.92 Å². The van der Waals surface area contributed by atoms with Crippen LogP contribution in [0.2, 0.25) is 0 Å². The first-order chi connectivity index (χ1) is 7.68. The molecule has 0 aliphatic carbocycles. The van der Waals surface area contributed by atoms with E-state index in [0.717, 1.165) is 0 Å². The minimum absolute atomic E-state index is 0.143. The number of carbonyl (C=O) groups excluding carboxylic acids is 1. The fourth-order valence-electron chi connectivity index (χ4n) is 1.53. The van der Waals surface area contributed by atoms with Crippen molar-refractivity contribution < 1.29 is 19.1 Å². The smallest absolute Gasteiger partial charge is 0.322 e. The highest BCUT2D eigenvalue weighted by molar-refractivity contribution is 5.89. The van der Waals surface area contributed by atoms with E-state index in [2.05, 4.69) is 15.1 Å². The summed E-state index contributed by atoms with van der Waals surface area (Å²) in [6.07, 6.45) is 0. The average Bonchev–Trinajstić information content (AvgIpc) is 2.60. The summed E-state index contributed by atoms with van der Waals surface area (Å²) in [7, 11) is 0. The number of hydrogen-bond donors (Lipinski definition) is 1. The topological polar surface area (TPSA) is 94.5 Å². The van der Waals surface area contributed by atoms with Crippen LogP contribution in [0.5, 0.6) is 0 Å². The number of rotatable bonds is 2. The molecule has 88 valence electrons. The van der Waals surface area contributed by atoms with Crippen molar-refractivity contribution in [2.75, 3.05) is 36.5 Å². The second kappa shape index (κ2) is 4.35. The van der Waals surface area contributed by atoms with Crippen LogP contribution in [-0.4, -0.2) is 37.4 Å². The molecule has 2 heterocycles. The van der Waals surface area contributed by atoms with Crippen molar-refractivity contribution in [3.8, 4) is 0 Å². The van der Waals surface area contributed by atoms with Gasteiger partial charge in [0, 0.05) is 6.92 Å². The second-order valence-corrected chi connectivity index (χ2v) is 3.38. The summed E-state index contributed by atoms with van der Waals surface area (Å²) in [6.45, 7) is 3.54. The lowest BCUT2D eigenvalue weighted by atomic mass is 10.4. The van der Waals surface area contributed by atoms with E-state index in [-0.39, 0.29) is 22.4 Å². The van der Waals surface area contributed by atoms with Crippen LogP contribution in [0.15, 0.2) is 4.63 Å². The molecule has 1 saturated heterocycles. The molecule has 0 unspecified atom stereocenters. The first-order valence-corrected chi connectivity index (χ1v) is 4.88. The summed E-state index contributed by atoms with van der Waals surface area (Å²) in [6, 6.07) is 0. The standard InChI is InChI=1S/C8H12N4O4/c1-6(13)9-7-8(12(14)16-10-7)11-2-4-15-5-3-11/h2-5H2,1H3,(H,9,10,13). The highest BCUT2D eigenvalue weighted by Gasteiger charge is 2.27. The second-order valence-electron chi connectivity index (χ2n) is 3.38. The van der Waals surface area contributed by atoms with Crippen molar-refractivity contribution in [2.24, 2.45) is 0 Å². The number of aromatic nitrogens is 2. The van der Waals surface area contributed by atoms with Gasteiger partial charge < -0.3 is 14.6 Å². The van der Waals surface area contributed by atoms with Gasteiger partial charge in [-0.15, -0.1) is 0 Å². The SMILES string of the molecule is CC(=O)Nc1no[n+]([O-])c1N1CCOCC1. The third kappa shape index (κ3) is 2.06. The number of carbonyl (C=O) groups is 1. The molecule has 0 aromatic carbocycles. The Morgan fingerprint density at radius 1 is 1.56 bits per heavy atom. The predicted molar refractivity (Wildman–Crippen MR) is 52.8 cm³/mol. The van der Waals surface area contributed by atoms with Crippen molar-refractivity contribution in [2.45, 2.75) is 6.92 Å². The Balaban J connectivity index is 2.23. The van der Waals surface area contributed by atoms with Crippen LogP contribution in [0.3, 0.4) is 0 Å². The van der Waals surface area contributed by atoms with E-state index in [1.165, 1.54) is 6.92 Å². The minimum atomic E-state index is -0.302. The lowest BCUT2D eigenvalue weighted by Crippen LogP contribution is -2.43. The third-order valence-electron chi connectivity index (χ3n) is 2.20. The zero-order valence-electron chi connectivity index (χ0n) is 8.80. The molecule has 8 nitrogen and oxygen atoms in total. The molecule has 2 rings (SSSR count). The first kappa shape index (κ1) is 10.7. The molecular formula is C8H12N4O4. The highest BCUT2D eigenvalue weighted by atomic mass is 16.8. The van der Waals surface area contributed by atoms with Gasteiger partial charge in [0.25, 0.3) is 0 Å². The maximum absolute atomic E-state index is 11.4. The number of morpholine rings is 1. The predicted octanol–water partition coefficient (Wildman–Crippen LogP) is -0.897. The normalized spacial score (nSPS) is 16.2. The number of anilines is 2. The maximum Gasteiger partial charge on any atom is 0.322 e. The summed E-state index contributed by atoms with van der Waals surface area (Å²) in [5.74, 6) is 0.0614. The van der Waals surface area contributed by atoms with Crippen molar-refractivity contribution in [1.29, 1.82) is 0 Å². The van der Waals surface area contributed by atoms with E-state index in [9.17, 15) is 10.0 Å². The summed E-state index contributed by atoms with van der Waals surface area (Å²) in [5, 5.41) is 17.3. The Hall–Kier alpha value is -1.83. The van der Waals surface area contributed by atoms with Crippen molar-refractivity contribution in [3.63, 3.8) is 0 Å². The van der Waals surface area contributed by atoms with Crippen LogP contribution in [0.25, 0.3) is 0 Å². The van der Waals surface area contributed by atoms with Gasteiger partial charge in [0.05, 0.1) is 26.3 Å². The fraction of sp³-hybridized carbons (Fsp3) is 0.625. The van der Waals surface area contributed by atoms with Crippen molar-refractivity contribution in [3.05, 3.63) is 5.21 Å². The van der Waals surface area contributed by atoms with E-state index >= 15 is 0 Å². The Morgan fingerprint density at radius 2 is 2.25 bits per heavy atom.